The minimum atomic E-state index is -0.150. The van der Waals surface area contributed by atoms with E-state index < -0.39 is 0 Å². The first-order valence-corrected chi connectivity index (χ1v) is 11.4. The highest BCUT2D eigenvalue weighted by Gasteiger charge is 2.36. The quantitative estimate of drug-likeness (QED) is 0.840. The first-order chi connectivity index (χ1) is 14.7. The Balaban J connectivity index is 1.51. The molecule has 3 aliphatic rings. The summed E-state index contributed by atoms with van der Waals surface area (Å²) in [7, 11) is 0. The van der Waals surface area contributed by atoms with Crippen LogP contribution in [0.2, 0.25) is 0 Å². The Morgan fingerprint density at radius 1 is 1.03 bits per heavy atom. The maximum Gasteiger partial charge on any atom is 0.318 e. The minimum absolute atomic E-state index is 0.0372. The number of rotatable bonds is 3. The van der Waals surface area contributed by atoms with Crippen molar-refractivity contribution >= 4 is 16.9 Å². The molecule has 2 aliphatic heterocycles. The van der Waals surface area contributed by atoms with Crippen molar-refractivity contribution < 1.29 is 9.53 Å². The largest absolute Gasteiger partial charge is 0.381 e. The van der Waals surface area contributed by atoms with Crippen molar-refractivity contribution in [3.8, 4) is 0 Å². The van der Waals surface area contributed by atoms with E-state index in [-0.39, 0.29) is 29.7 Å². The molecule has 1 unspecified atom stereocenters. The molecule has 1 atom stereocenters. The summed E-state index contributed by atoms with van der Waals surface area (Å²) in [4.78, 5) is 33.5. The number of carbonyl (C=O) groups is 1. The van der Waals surface area contributed by atoms with Crippen LogP contribution >= 0.6 is 0 Å². The van der Waals surface area contributed by atoms with Crippen LogP contribution in [0.25, 0.3) is 10.9 Å². The number of ether oxygens (including phenoxy) is 1. The van der Waals surface area contributed by atoms with Gasteiger partial charge in [0.15, 0.2) is 0 Å². The van der Waals surface area contributed by atoms with Crippen LogP contribution in [0.5, 0.6) is 0 Å². The third-order valence-electron chi connectivity index (χ3n) is 6.89. The lowest BCUT2D eigenvalue weighted by Crippen LogP contribution is -2.47. The van der Waals surface area contributed by atoms with Crippen LogP contribution in [0.3, 0.4) is 0 Å². The molecule has 30 heavy (non-hydrogen) atoms. The summed E-state index contributed by atoms with van der Waals surface area (Å²) >= 11 is 0. The van der Waals surface area contributed by atoms with Crippen molar-refractivity contribution in [2.75, 3.05) is 19.8 Å². The fraction of sp³-hybridized carbons (Fsp3) is 0.609. The number of para-hydroxylation sites is 1. The van der Waals surface area contributed by atoms with Crippen molar-refractivity contribution in [2.45, 2.75) is 69.5 Å². The van der Waals surface area contributed by atoms with Crippen LogP contribution in [0, 0.1) is 0 Å². The summed E-state index contributed by atoms with van der Waals surface area (Å²) in [5, 5.41) is 3.86. The van der Waals surface area contributed by atoms with Crippen molar-refractivity contribution in [1.82, 2.24) is 19.8 Å². The van der Waals surface area contributed by atoms with Crippen molar-refractivity contribution in [3.63, 3.8) is 0 Å². The predicted molar refractivity (Wildman–Crippen MR) is 115 cm³/mol. The summed E-state index contributed by atoms with van der Waals surface area (Å²) in [5.74, 6) is 0.769. The zero-order chi connectivity index (χ0) is 20.5. The van der Waals surface area contributed by atoms with E-state index in [4.69, 9.17) is 9.72 Å². The summed E-state index contributed by atoms with van der Waals surface area (Å²) < 4.78 is 7.34. The second-order valence-corrected chi connectivity index (χ2v) is 8.79. The number of aromatic nitrogens is 2. The number of amides is 2. The average Bonchev–Trinajstić information content (AvgIpc) is 3.47. The van der Waals surface area contributed by atoms with Gasteiger partial charge in [-0.05, 0) is 50.7 Å². The second-order valence-electron chi connectivity index (χ2n) is 8.79. The fourth-order valence-electron chi connectivity index (χ4n) is 5.29. The van der Waals surface area contributed by atoms with Gasteiger partial charge < -0.3 is 15.0 Å². The van der Waals surface area contributed by atoms with E-state index in [1.807, 2.05) is 33.7 Å². The number of hydrogen-bond donors (Lipinski definition) is 1. The van der Waals surface area contributed by atoms with Gasteiger partial charge in [0.2, 0.25) is 0 Å². The molecule has 0 radical (unpaired) electrons. The SMILES string of the molecule is O=C(NC1CCOCC1)N1CCCC1c1nc2ccccc2c(=O)n1C1CCCC1. The Morgan fingerprint density at radius 2 is 1.80 bits per heavy atom. The molecule has 1 aromatic carbocycles. The highest BCUT2D eigenvalue weighted by Crippen LogP contribution is 2.36. The van der Waals surface area contributed by atoms with E-state index in [0.717, 1.165) is 62.7 Å². The Hall–Kier alpha value is -2.41. The van der Waals surface area contributed by atoms with Gasteiger partial charge in [-0.3, -0.25) is 9.36 Å². The number of likely N-dealkylation sites (tertiary alicyclic amines) is 1. The first-order valence-electron chi connectivity index (χ1n) is 11.4. The van der Waals surface area contributed by atoms with Crippen LogP contribution < -0.4 is 10.9 Å². The molecule has 3 heterocycles. The maximum atomic E-state index is 13.5. The van der Waals surface area contributed by atoms with Crippen molar-refractivity contribution in [1.29, 1.82) is 0 Å². The fourth-order valence-corrected chi connectivity index (χ4v) is 5.29. The van der Waals surface area contributed by atoms with Gasteiger partial charge in [0.25, 0.3) is 5.56 Å². The van der Waals surface area contributed by atoms with E-state index in [1.54, 1.807) is 0 Å². The van der Waals surface area contributed by atoms with Crippen LogP contribution in [0.1, 0.15) is 69.3 Å². The summed E-state index contributed by atoms with van der Waals surface area (Å²) in [5.41, 5.74) is 0.766. The molecule has 2 aromatic rings. The van der Waals surface area contributed by atoms with Crippen LogP contribution in [0.4, 0.5) is 4.79 Å². The van der Waals surface area contributed by atoms with Crippen molar-refractivity contribution in [3.05, 3.63) is 40.4 Å². The Labute approximate surface area is 176 Å². The summed E-state index contributed by atoms with van der Waals surface area (Å²) in [6.45, 7) is 2.09. The van der Waals surface area contributed by atoms with Crippen LogP contribution in [-0.4, -0.2) is 46.3 Å². The number of fused-ring (bicyclic) bond motifs is 1. The normalized spacial score (nSPS) is 23.3. The number of nitrogens with one attached hydrogen (secondary N) is 1. The van der Waals surface area contributed by atoms with Gasteiger partial charge in [-0.1, -0.05) is 25.0 Å². The lowest BCUT2D eigenvalue weighted by Gasteiger charge is -2.31. The molecule has 7 heteroatoms. The third-order valence-corrected chi connectivity index (χ3v) is 6.89. The smallest absolute Gasteiger partial charge is 0.318 e. The number of carbonyl (C=O) groups excluding carboxylic acids is 1. The zero-order valence-corrected chi connectivity index (χ0v) is 17.4. The standard InChI is InChI=1S/C23H30N4O3/c28-22-18-8-3-4-9-19(18)25-21(27(22)17-6-1-2-7-17)20-10-5-13-26(20)23(29)24-16-11-14-30-15-12-16/h3-4,8-9,16-17,20H,1-2,5-7,10-15H2,(H,24,29). The molecule has 2 amide bonds. The van der Waals surface area contributed by atoms with Gasteiger partial charge in [0.1, 0.15) is 5.82 Å². The third kappa shape index (κ3) is 3.60. The summed E-state index contributed by atoms with van der Waals surface area (Å²) in [6, 6.07) is 7.74. The lowest BCUT2D eigenvalue weighted by molar-refractivity contribution is 0.0776. The Morgan fingerprint density at radius 3 is 2.60 bits per heavy atom. The zero-order valence-electron chi connectivity index (χ0n) is 17.4. The van der Waals surface area contributed by atoms with Gasteiger partial charge in [-0.2, -0.15) is 0 Å². The molecule has 7 nitrogen and oxygen atoms in total. The summed E-state index contributed by atoms with van der Waals surface area (Å²) in [6.07, 6.45) is 7.78. The molecule has 1 N–H and O–H groups in total. The first kappa shape index (κ1) is 19.5. The predicted octanol–water partition coefficient (Wildman–Crippen LogP) is 3.54. The van der Waals surface area contributed by atoms with Gasteiger partial charge in [-0.25, -0.2) is 9.78 Å². The Kier molecular flexibility index (Phi) is 5.46. The van der Waals surface area contributed by atoms with E-state index in [1.165, 1.54) is 0 Å². The second kappa shape index (κ2) is 8.38. The maximum absolute atomic E-state index is 13.5. The molecular weight excluding hydrogens is 380 g/mol. The van der Waals surface area contributed by atoms with E-state index in [0.29, 0.717) is 25.1 Å². The molecule has 160 valence electrons. The number of nitrogens with zero attached hydrogens (tertiary/aromatic N) is 3. The molecule has 0 spiro atoms. The highest BCUT2D eigenvalue weighted by atomic mass is 16.5. The average molecular weight is 411 g/mol. The van der Waals surface area contributed by atoms with Crippen LogP contribution in [0.15, 0.2) is 29.1 Å². The van der Waals surface area contributed by atoms with E-state index in [2.05, 4.69) is 5.32 Å². The Bertz CT molecular complexity index is 976. The van der Waals surface area contributed by atoms with E-state index >= 15 is 0 Å². The molecule has 1 saturated carbocycles. The van der Waals surface area contributed by atoms with Gasteiger partial charge >= 0.3 is 6.03 Å². The molecular formula is C23H30N4O3. The number of benzene rings is 1. The lowest BCUT2D eigenvalue weighted by atomic mass is 10.1. The van der Waals surface area contributed by atoms with Crippen molar-refractivity contribution in [2.24, 2.45) is 0 Å². The van der Waals surface area contributed by atoms with E-state index in [9.17, 15) is 9.59 Å². The molecule has 3 fully saturated rings. The molecule has 2 saturated heterocycles. The van der Waals surface area contributed by atoms with Gasteiger partial charge in [-0.15, -0.1) is 0 Å². The van der Waals surface area contributed by atoms with Gasteiger partial charge in [0, 0.05) is 31.8 Å². The van der Waals surface area contributed by atoms with Gasteiger partial charge in [0.05, 0.1) is 16.9 Å². The molecule has 5 rings (SSSR count). The monoisotopic (exact) mass is 410 g/mol. The molecule has 0 bridgehead atoms. The number of hydrogen-bond acceptors (Lipinski definition) is 4. The number of urea groups is 1. The topological polar surface area (TPSA) is 76.5 Å². The molecule has 1 aromatic heterocycles. The minimum Gasteiger partial charge on any atom is -0.381 e. The highest BCUT2D eigenvalue weighted by molar-refractivity contribution is 5.78. The molecule has 1 aliphatic carbocycles. The van der Waals surface area contributed by atoms with Crippen LogP contribution in [-0.2, 0) is 4.74 Å².